The third kappa shape index (κ3) is 18.7. The maximum atomic E-state index is 13.1. The van der Waals surface area contributed by atoms with E-state index < -0.39 is 17.8 Å². The predicted molar refractivity (Wildman–Crippen MR) is 462 cm³/mol. The summed E-state index contributed by atoms with van der Waals surface area (Å²) >= 11 is 0. The van der Waals surface area contributed by atoms with Gasteiger partial charge in [-0.05, 0) is 116 Å². The molecular formula is C87H94N22O10. The second kappa shape index (κ2) is 37.6. The van der Waals surface area contributed by atoms with Gasteiger partial charge in [0.2, 0.25) is 5.91 Å². The number of pyridine rings is 7. The Morgan fingerprint density at radius 1 is 0.403 bits per heavy atom. The highest BCUT2D eigenvalue weighted by atomic mass is 16.6. The lowest BCUT2D eigenvalue weighted by atomic mass is 10.1. The standard InChI is InChI=1S/C24H26N4O2.C22H22N4O3.C19H24N4O3.2C11H11N5O/c1-16-9-11-18(12-10-16)15-21(29)25-13-5-6-14-28-20-8-4-3-7-19(20)23-22(24(28)30)17(2)26-27-23;1-15-19-20(25-24-15)17-10-5-6-11-18(17)26(21(19)27)13-7-12-23-22(28)29-14-16-8-3-2-4-9-16;1-12-15-16(22-21-12)13-8-5-6-9-14(13)23(17(15)24)11-7-10-20-18(25)26-19(2,3)4;12-2-4-16-9-1-3-13-5-7(9)10-8(11(16)17)6-14-15-10;12-2-4-16-9-6-13-3-1-7(9)10-8(11(16)17)5-14-15-10/h3-4,7-12H,5-6,13-15H2,1-2H3,(H,25,29)(H,26,27);2-6,8-11H,7,12-14H2,1H3,(H,23,28)(H,24,25);5-6,8-9H,7,10-11H2,1-4H3,(H,20,25)(H,21,22);2*1,3,5-6H,2,4,12H2,(H,14,15). The Balaban J connectivity index is 0.000000131. The van der Waals surface area contributed by atoms with E-state index in [1.807, 2.05) is 193 Å². The zero-order valence-electron chi connectivity index (χ0n) is 67.2. The van der Waals surface area contributed by atoms with E-state index in [9.17, 15) is 38.4 Å². The first-order chi connectivity index (χ1) is 57.6. The summed E-state index contributed by atoms with van der Waals surface area (Å²) in [6, 6.07) is 44.5. The number of aromatic amines is 5. The number of nitrogens with zero attached hydrogens (tertiary/aromatic N) is 12. The number of hydrogen-bond acceptors (Lipinski definition) is 19. The van der Waals surface area contributed by atoms with Crippen LogP contribution in [-0.2, 0) is 60.0 Å². The van der Waals surface area contributed by atoms with Crippen LogP contribution in [-0.4, -0.2) is 140 Å². The first kappa shape index (κ1) is 82.7. The number of aryl methyl sites for hydroxylation is 7. The lowest BCUT2D eigenvalue weighted by Gasteiger charge is -2.19. The molecule has 0 bridgehead atoms. The average Bonchev–Trinajstić information content (AvgIpc) is 1.66. The van der Waals surface area contributed by atoms with Crippen molar-refractivity contribution >= 4 is 127 Å². The quantitative estimate of drug-likeness (QED) is 0.0299. The van der Waals surface area contributed by atoms with E-state index in [2.05, 4.69) is 76.9 Å². The summed E-state index contributed by atoms with van der Waals surface area (Å²) < 4.78 is 19.0. The number of amides is 3. The molecule has 0 aliphatic carbocycles. The number of carbonyl (C=O) groups is 3. The second-order valence-electron chi connectivity index (χ2n) is 29.6. The number of rotatable bonds is 21. The minimum Gasteiger partial charge on any atom is -0.445 e. The first-order valence-electron chi connectivity index (χ1n) is 39.2. The highest BCUT2D eigenvalue weighted by Gasteiger charge is 2.21. The molecule has 5 aromatic carbocycles. The molecule has 3 amide bonds. The van der Waals surface area contributed by atoms with Gasteiger partial charge in [-0.25, -0.2) is 9.59 Å². The van der Waals surface area contributed by atoms with Crippen molar-refractivity contribution in [1.82, 2.24) is 99.7 Å². The number of aromatic nitrogens is 17. The van der Waals surface area contributed by atoms with Crippen LogP contribution in [0.1, 0.15) is 80.2 Å². The van der Waals surface area contributed by atoms with Gasteiger partial charge in [-0.1, -0.05) is 115 Å². The van der Waals surface area contributed by atoms with E-state index >= 15 is 0 Å². The minimum atomic E-state index is -0.527. The smallest absolute Gasteiger partial charge is 0.407 e. The molecule has 0 fully saturated rings. The molecule has 12 heterocycles. The molecule has 119 heavy (non-hydrogen) atoms. The molecule has 0 saturated carbocycles. The molecule has 0 radical (unpaired) electrons. The monoisotopic (exact) mass is 1610 g/mol. The van der Waals surface area contributed by atoms with Gasteiger partial charge in [-0.2, -0.15) is 25.5 Å². The van der Waals surface area contributed by atoms with E-state index in [0.29, 0.717) is 123 Å². The van der Waals surface area contributed by atoms with E-state index in [-0.39, 0.29) is 40.3 Å². The first-order valence-corrected chi connectivity index (χ1v) is 39.2. The molecule has 17 rings (SSSR count). The summed E-state index contributed by atoms with van der Waals surface area (Å²) in [5.74, 6) is 0.0249. The van der Waals surface area contributed by atoms with Crippen molar-refractivity contribution in [2.45, 2.75) is 126 Å². The van der Waals surface area contributed by atoms with Crippen LogP contribution < -0.4 is 55.2 Å². The highest BCUT2D eigenvalue weighted by Crippen LogP contribution is 2.27. The Bertz CT molecular complexity index is 6710. The fourth-order valence-electron chi connectivity index (χ4n) is 14.5. The van der Waals surface area contributed by atoms with Crippen LogP contribution in [0.2, 0.25) is 0 Å². The third-order valence-electron chi connectivity index (χ3n) is 20.1. The van der Waals surface area contributed by atoms with Gasteiger partial charge in [0.1, 0.15) is 28.8 Å². The summed E-state index contributed by atoms with van der Waals surface area (Å²) in [4.78, 5) is 107. The van der Waals surface area contributed by atoms with Crippen molar-refractivity contribution in [3.63, 3.8) is 0 Å². The van der Waals surface area contributed by atoms with E-state index in [4.69, 9.17) is 20.9 Å². The minimum absolute atomic E-state index is 0.0154. The van der Waals surface area contributed by atoms with E-state index in [1.165, 1.54) is 11.8 Å². The van der Waals surface area contributed by atoms with Gasteiger partial charge in [0.25, 0.3) is 27.8 Å². The molecule has 17 aromatic rings. The summed E-state index contributed by atoms with van der Waals surface area (Å²) in [5.41, 5.74) is 23.5. The molecule has 0 aliphatic heterocycles. The zero-order chi connectivity index (χ0) is 83.9. The number of unbranched alkanes of at least 4 members (excludes halogenated alkanes) is 1. The van der Waals surface area contributed by atoms with Crippen LogP contribution in [0.4, 0.5) is 9.59 Å². The molecule has 12 N–H and O–H groups in total. The molecule has 12 aromatic heterocycles. The number of carbonyl (C=O) groups excluding carboxylic acids is 3. The summed E-state index contributed by atoms with van der Waals surface area (Å²) in [5, 5.41) is 51.3. The number of para-hydroxylation sites is 3. The van der Waals surface area contributed by atoms with Gasteiger partial charge in [0.15, 0.2) is 0 Å². The molecular weight excluding hydrogens is 1510 g/mol. The molecule has 32 nitrogen and oxygen atoms in total. The molecule has 32 heteroatoms. The number of nitrogens with one attached hydrogen (secondary N) is 8. The van der Waals surface area contributed by atoms with Crippen molar-refractivity contribution < 1.29 is 23.9 Å². The van der Waals surface area contributed by atoms with Gasteiger partial charge in [0, 0.05) is 128 Å². The fraction of sp³-hybridized carbons (Fsp3) is 0.276. The normalized spacial score (nSPS) is 11.4. The van der Waals surface area contributed by atoms with Crippen molar-refractivity contribution in [3.8, 4) is 0 Å². The highest BCUT2D eigenvalue weighted by molar-refractivity contribution is 6.07. The predicted octanol–water partition coefficient (Wildman–Crippen LogP) is 10.7. The Hall–Kier alpha value is -14.3. The van der Waals surface area contributed by atoms with Crippen LogP contribution in [0.3, 0.4) is 0 Å². The van der Waals surface area contributed by atoms with E-state index in [1.54, 1.807) is 49.3 Å². The molecule has 0 atom stereocenters. The molecule has 0 saturated heterocycles. The molecule has 0 unspecified atom stereocenters. The molecule has 0 aliphatic rings. The SMILES string of the molecule is Cc1[nH]nc2c1c(=O)n(CCCNC(=O)OC(C)(C)C)c1ccccc21.Cc1[nH]nc2c1c(=O)n(CCCNC(=O)OCc1ccccc1)c1ccccc21.Cc1ccc(CC(=O)NCCCCn2c(=O)c3c(C)[nH]nc3c3ccccc32)cc1.NCCn1c(=O)c2cn[nH]c2c2ccncc21.NCCn1c(=O)c2cn[nH]c2c2cnccc21. The van der Waals surface area contributed by atoms with Crippen LogP contribution >= 0.6 is 0 Å². The van der Waals surface area contributed by atoms with Gasteiger partial charge >= 0.3 is 12.2 Å². The summed E-state index contributed by atoms with van der Waals surface area (Å²) in [7, 11) is 0. The second-order valence-corrected chi connectivity index (χ2v) is 29.6. The number of hydrogen-bond donors (Lipinski definition) is 10. The Labute approximate surface area is 679 Å². The Morgan fingerprint density at radius 3 is 1.34 bits per heavy atom. The van der Waals surface area contributed by atoms with Crippen LogP contribution in [0.25, 0.3) is 109 Å². The molecule has 612 valence electrons. The zero-order valence-corrected chi connectivity index (χ0v) is 67.2. The van der Waals surface area contributed by atoms with Gasteiger partial charge < -0.3 is 59.7 Å². The van der Waals surface area contributed by atoms with Crippen molar-refractivity contribution in [2.24, 2.45) is 11.5 Å². The van der Waals surface area contributed by atoms with Crippen molar-refractivity contribution in [2.75, 3.05) is 32.7 Å². The largest absolute Gasteiger partial charge is 0.445 e. The van der Waals surface area contributed by atoms with Crippen molar-refractivity contribution in [1.29, 1.82) is 0 Å². The number of H-pyrrole nitrogens is 5. The van der Waals surface area contributed by atoms with Gasteiger partial charge in [-0.3, -0.25) is 64.2 Å². The van der Waals surface area contributed by atoms with E-state index in [0.717, 1.165) is 112 Å². The van der Waals surface area contributed by atoms with Crippen LogP contribution in [0.5, 0.6) is 0 Å². The Kier molecular flexibility index (Phi) is 26.1. The number of fused-ring (bicyclic) bond motifs is 15. The van der Waals surface area contributed by atoms with Gasteiger partial charge in [0.05, 0.1) is 90.6 Å². The molecule has 0 spiro atoms. The summed E-state index contributed by atoms with van der Waals surface area (Å²) in [6.45, 7) is 18.1. The lowest BCUT2D eigenvalue weighted by molar-refractivity contribution is -0.120. The van der Waals surface area contributed by atoms with Crippen LogP contribution in [0, 0.1) is 27.7 Å². The topological polar surface area (TPSA) is 437 Å². The number of nitrogens with two attached hydrogens (primary N) is 2. The summed E-state index contributed by atoms with van der Waals surface area (Å²) in [6.07, 6.45) is 12.1. The maximum absolute atomic E-state index is 13.1. The maximum Gasteiger partial charge on any atom is 0.407 e. The fourth-order valence-corrected chi connectivity index (χ4v) is 14.5. The lowest BCUT2D eigenvalue weighted by Crippen LogP contribution is -2.33. The van der Waals surface area contributed by atoms with Gasteiger partial charge in [-0.15, -0.1) is 0 Å². The number of alkyl carbamates (subject to hydrolysis) is 2. The number of ether oxygens (including phenoxy) is 2. The third-order valence-corrected chi connectivity index (χ3v) is 20.1. The Morgan fingerprint density at radius 2 is 0.832 bits per heavy atom. The van der Waals surface area contributed by atoms with Crippen LogP contribution in [0.15, 0.2) is 201 Å². The number of benzene rings is 5. The van der Waals surface area contributed by atoms with Crippen molar-refractivity contribution in [3.05, 3.63) is 262 Å². The average molecular weight is 1610 g/mol.